The van der Waals surface area contributed by atoms with Gasteiger partial charge in [-0.25, -0.2) is 0 Å². The van der Waals surface area contributed by atoms with Gasteiger partial charge < -0.3 is 10.6 Å². The summed E-state index contributed by atoms with van der Waals surface area (Å²) in [5.41, 5.74) is 5.12. The summed E-state index contributed by atoms with van der Waals surface area (Å²) in [6, 6.07) is 26.7. The van der Waals surface area contributed by atoms with Gasteiger partial charge in [-0.05, 0) is 92.8 Å². The van der Waals surface area contributed by atoms with Gasteiger partial charge in [0, 0.05) is 17.3 Å². The van der Waals surface area contributed by atoms with Crippen molar-refractivity contribution in [3.05, 3.63) is 95.6 Å². The zero-order valence-corrected chi connectivity index (χ0v) is 21.4. The summed E-state index contributed by atoms with van der Waals surface area (Å²) >= 11 is 0. The lowest BCUT2D eigenvalue weighted by Gasteiger charge is -2.20. The molecule has 2 heterocycles. The van der Waals surface area contributed by atoms with E-state index in [1.807, 2.05) is 30.3 Å². The van der Waals surface area contributed by atoms with Crippen LogP contribution in [0.4, 0.5) is 11.4 Å². The molecular weight excluding hydrogens is 460 g/mol. The minimum Gasteiger partial charge on any atom is -0.325 e. The average molecular weight is 497 g/mol. The molecule has 0 bridgehead atoms. The van der Waals surface area contributed by atoms with Crippen LogP contribution in [-0.2, 0) is 9.59 Å². The molecule has 0 saturated carbocycles. The van der Waals surface area contributed by atoms with Crippen molar-refractivity contribution in [2.45, 2.75) is 31.6 Å². The molecule has 0 atom stereocenters. The fourth-order valence-electron chi connectivity index (χ4n) is 5.43. The summed E-state index contributed by atoms with van der Waals surface area (Å²) in [6.45, 7) is 4.93. The molecule has 2 aliphatic rings. The number of rotatable bonds is 9. The Hall–Kier alpha value is -3.48. The Morgan fingerprint density at radius 1 is 0.568 bits per heavy atom. The van der Waals surface area contributed by atoms with E-state index in [9.17, 15) is 9.59 Å². The van der Waals surface area contributed by atoms with Crippen molar-refractivity contribution in [3.63, 3.8) is 0 Å². The molecule has 6 nitrogen and oxygen atoms in total. The molecule has 2 fully saturated rings. The number of hydrogen-bond acceptors (Lipinski definition) is 4. The van der Waals surface area contributed by atoms with Crippen LogP contribution >= 0.6 is 0 Å². The zero-order valence-electron chi connectivity index (χ0n) is 21.4. The third kappa shape index (κ3) is 6.85. The predicted octanol–water partition coefficient (Wildman–Crippen LogP) is 4.94. The highest BCUT2D eigenvalue weighted by Gasteiger charge is 2.19. The minimum absolute atomic E-state index is 0.0385. The fraction of sp³-hybridized carbons (Fsp3) is 0.355. The predicted molar refractivity (Wildman–Crippen MR) is 149 cm³/mol. The summed E-state index contributed by atoms with van der Waals surface area (Å²) in [5.74, 6) is 0.123. The molecule has 0 radical (unpaired) electrons. The monoisotopic (exact) mass is 496 g/mol. The Balaban J connectivity index is 1.28. The van der Waals surface area contributed by atoms with Crippen molar-refractivity contribution in [3.8, 4) is 0 Å². The Bertz CT molecular complexity index is 1090. The molecule has 6 heteroatoms. The van der Waals surface area contributed by atoms with Crippen molar-refractivity contribution in [2.75, 3.05) is 49.9 Å². The van der Waals surface area contributed by atoms with Gasteiger partial charge in [0.25, 0.3) is 0 Å². The van der Waals surface area contributed by atoms with E-state index in [2.05, 4.69) is 69.0 Å². The molecule has 2 N–H and O–H groups in total. The van der Waals surface area contributed by atoms with Crippen LogP contribution in [0.25, 0.3) is 0 Å². The van der Waals surface area contributed by atoms with Gasteiger partial charge in [-0.1, -0.05) is 54.6 Å². The fourth-order valence-corrected chi connectivity index (χ4v) is 5.43. The van der Waals surface area contributed by atoms with Gasteiger partial charge in [-0.15, -0.1) is 0 Å². The number of carbonyl (C=O) groups excluding carboxylic acids is 2. The maximum absolute atomic E-state index is 12.4. The average Bonchev–Trinajstić information content (AvgIpc) is 3.61. The van der Waals surface area contributed by atoms with Gasteiger partial charge >= 0.3 is 0 Å². The molecule has 2 saturated heterocycles. The van der Waals surface area contributed by atoms with E-state index in [-0.39, 0.29) is 17.7 Å². The van der Waals surface area contributed by atoms with Gasteiger partial charge in [0.05, 0.1) is 13.1 Å². The highest BCUT2D eigenvalue weighted by molar-refractivity contribution is 5.92. The van der Waals surface area contributed by atoms with E-state index in [1.54, 1.807) is 0 Å². The lowest BCUT2D eigenvalue weighted by atomic mass is 9.85. The Morgan fingerprint density at radius 3 is 1.35 bits per heavy atom. The summed E-state index contributed by atoms with van der Waals surface area (Å²) in [7, 11) is 0. The second-order valence-corrected chi connectivity index (χ2v) is 10.2. The standard InChI is InChI=1S/C31H36N4O2/c36-29(22-34-18-4-5-19-34)32-27-14-10-25(11-15-27)31(24-8-2-1-3-9-24)26-12-16-28(17-13-26)33-30(37)23-35-20-6-7-21-35/h1-3,8-17,31H,4-7,18-23H2,(H,32,36)(H,33,37). The van der Waals surface area contributed by atoms with E-state index in [4.69, 9.17) is 0 Å². The highest BCUT2D eigenvalue weighted by atomic mass is 16.2. The molecular formula is C31H36N4O2. The number of nitrogens with one attached hydrogen (secondary N) is 2. The van der Waals surface area contributed by atoms with Crippen molar-refractivity contribution in [2.24, 2.45) is 0 Å². The molecule has 0 aromatic heterocycles. The van der Waals surface area contributed by atoms with Crippen molar-refractivity contribution < 1.29 is 9.59 Å². The number of anilines is 2. The first-order valence-corrected chi connectivity index (χ1v) is 13.4. The van der Waals surface area contributed by atoms with Crippen LogP contribution in [0, 0.1) is 0 Å². The van der Waals surface area contributed by atoms with Crippen LogP contribution in [0.5, 0.6) is 0 Å². The molecule has 5 rings (SSSR count). The maximum Gasteiger partial charge on any atom is 0.238 e. The molecule has 0 unspecified atom stereocenters. The minimum atomic E-state index is 0.0385. The van der Waals surface area contributed by atoms with E-state index < -0.39 is 0 Å². The van der Waals surface area contributed by atoms with E-state index in [0.29, 0.717) is 13.1 Å². The SMILES string of the molecule is O=C(CN1CCCC1)Nc1ccc(C(c2ccccc2)c2ccc(NC(=O)CN3CCCC3)cc2)cc1. The largest absolute Gasteiger partial charge is 0.325 e. The lowest BCUT2D eigenvalue weighted by Crippen LogP contribution is -2.30. The number of likely N-dealkylation sites (tertiary alicyclic amines) is 2. The van der Waals surface area contributed by atoms with Gasteiger partial charge in [-0.3, -0.25) is 19.4 Å². The molecule has 0 aliphatic carbocycles. The quantitative estimate of drug-likeness (QED) is 0.412. The van der Waals surface area contributed by atoms with Gasteiger partial charge in [-0.2, -0.15) is 0 Å². The first kappa shape index (κ1) is 25.2. The second kappa shape index (κ2) is 12.2. The van der Waals surface area contributed by atoms with Crippen LogP contribution < -0.4 is 10.6 Å². The smallest absolute Gasteiger partial charge is 0.238 e. The van der Waals surface area contributed by atoms with Crippen LogP contribution in [-0.4, -0.2) is 60.9 Å². The van der Waals surface area contributed by atoms with Crippen molar-refractivity contribution in [1.29, 1.82) is 0 Å². The summed E-state index contributed by atoms with van der Waals surface area (Å²) in [4.78, 5) is 29.3. The number of hydrogen-bond donors (Lipinski definition) is 2. The number of carbonyl (C=O) groups is 2. The first-order chi connectivity index (χ1) is 18.1. The van der Waals surface area contributed by atoms with E-state index in [0.717, 1.165) is 48.7 Å². The third-order valence-electron chi connectivity index (χ3n) is 7.32. The molecule has 3 aromatic rings. The Labute approximate surface area is 219 Å². The third-order valence-corrected chi connectivity index (χ3v) is 7.32. The van der Waals surface area contributed by atoms with Crippen LogP contribution in [0.3, 0.4) is 0 Å². The molecule has 192 valence electrons. The summed E-state index contributed by atoms with van der Waals surface area (Å²) in [6.07, 6.45) is 4.70. The maximum atomic E-state index is 12.4. The summed E-state index contributed by atoms with van der Waals surface area (Å²) in [5, 5.41) is 6.08. The van der Waals surface area contributed by atoms with Gasteiger partial charge in [0.2, 0.25) is 11.8 Å². The van der Waals surface area contributed by atoms with E-state index >= 15 is 0 Å². The molecule has 37 heavy (non-hydrogen) atoms. The Morgan fingerprint density at radius 2 is 0.946 bits per heavy atom. The lowest BCUT2D eigenvalue weighted by molar-refractivity contribution is -0.117. The van der Waals surface area contributed by atoms with Gasteiger partial charge in [0.15, 0.2) is 0 Å². The zero-order chi connectivity index (χ0) is 25.5. The number of nitrogens with zero attached hydrogens (tertiary/aromatic N) is 2. The molecule has 0 spiro atoms. The molecule has 2 amide bonds. The van der Waals surface area contributed by atoms with Crippen LogP contribution in [0.15, 0.2) is 78.9 Å². The normalized spacial score (nSPS) is 16.2. The van der Waals surface area contributed by atoms with Crippen LogP contribution in [0.2, 0.25) is 0 Å². The number of amides is 2. The molecule has 2 aliphatic heterocycles. The van der Waals surface area contributed by atoms with Gasteiger partial charge in [0.1, 0.15) is 0 Å². The van der Waals surface area contributed by atoms with Crippen LogP contribution in [0.1, 0.15) is 48.3 Å². The van der Waals surface area contributed by atoms with E-state index in [1.165, 1.54) is 31.2 Å². The molecule has 3 aromatic carbocycles. The summed E-state index contributed by atoms with van der Waals surface area (Å²) < 4.78 is 0. The topological polar surface area (TPSA) is 64.7 Å². The van der Waals surface area contributed by atoms with Crippen molar-refractivity contribution >= 4 is 23.2 Å². The first-order valence-electron chi connectivity index (χ1n) is 13.4. The number of benzene rings is 3. The Kier molecular flexibility index (Phi) is 8.28. The highest BCUT2D eigenvalue weighted by Crippen LogP contribution is 2.33. The van der Waals surface area contributed by atoms with Crippen molar-refractivity contribution in [1.82, 2.24) is 9.80 Å². The second-order valence-electron chi connectivity index (χ2n) is 10.2.